The van der Waals surface area contributed by atoms with Crippen molar-refractivity contribution in [2.45, 2.75) is 65.2 Å². The van der Waals surface area contributed by atoms with Crippen LogP contribution in [0.4, 0.5) is 0 Å². The van der Waals surface area contributed by atoms with Crippen LogP contribution >= 0.6 is 15.9 Å². The number of halogens is 1. The van der Waals surface area contributed by atoms with Crippen LogP contribution in [-0.4, -0.2) is 5.11 Å². The predicted molar refractivity (Wildman–Crippen MR) is 116 cm³/mol. The molecule has 0 unspecified atom stereocenters. The van der Waals surface area contributed by atoms with Gasteiger partial charge in [0.25, 0.3) is 0 Å². The van der Waals surface area contributed by atoms with E-state index in [9.17, 15) is 9.90 Å². The Hall–Kier alpha value is -1.81. The molecular formula is C23H27BrO3. The van der Waals surface area contributed by atoms with Crippen LogP contribution in [0.2, 0.25) is 0 Å². The van der Waals surface area contributed by atoms with Crippen LogP contribution in [0, 0.1) is 6.92 Å². The lowest BCUT2D eigenvalue weighted by Crippen LogP contribution is -2.18. The molecule has 0 saturated heterocycles. The highest BCUT2D eigenvalue weighted by molar-refractivity contribution is 9.10. The number of fused-ring (bicyclic) bond motifs is 3. The van der Waals surface area contributed by atoms with E-state index in [-0.39, 0.29) is 16.8 Å². The fourth-order valence-corrected chi connectivity index (χ4v) is 4.63. The molecule has 27 heavy (non-hydrogen) atoms. The van der Waals surface area contributed by atoms with Gasteiger partial charge in [-0.2, -0.15) is 0 Å². The number of benzene rings is 2. The highest BCUT2D eigenvalue weighted by atomic mass is 79.9. The molecule has 0 saturated carbocycles. The van der Waals surface area contributed by atoms with E-state index in [0.717, 1.165) is 29.4 Å². The second-order valence-corrected chi connectivity index (χ2v) is 8.89. The molecule has 0 aliphatic rings. The SMILES string of the molecule is CCCCCCC(C)(C)c1cc2oc(=O)c3ccc(C)cc3c2c(O)c1Br. The van der Waals surface area contributed by atoms with Crippen LogP contribution in [0.1, 0.15) is 64.0 Å². The van der Waals surface area contributed by atoms with Crippen LogP contribution < -0.4 is 5.63 Å². The van der Waals surface area contributed by atoms with Gasteiger partial charge in [-0.15, -0.1) is 0 Å². The van der Waals surface area contributed by atoms with Crippen molar-refractivity contribution >= 4 is 37.7 Å². The van der Waals surface area contributed by atoms with Crippen molar-refractivity contribution in [1.29, 1.82) is 0 Å². The smallest absolute Gasteiger partial charge is 0.344 e. The zero-order valence-electron chi connectivity index (χ0n) is 16.5. The average Bonchev–Trinajstić information content (AvgIpc) is 2.61. The zero-order chi connectivity index (χ0) is 19.8. The Morgan fingerprint density at radius 3 is 2.56 bits per heavy atom. The third kappa shape index (κ3) is 3.77. The van der Waals surface area contributed by atoms with Gasteiger partial charge in [0.05, 0.1) is 15.2 Å². The van der Waals surface area contributed by atoms with Gasteiger partial charge >= 0.3 is 5.63 Å². The van der Waals surface area contributed by atoms with Crippen molar-refractivity contribution in [1.82, 2.24) is 0 Å². The first-order chi connectivity index (χ1) is 12.8. The zero-order valence-corrected chi connectivity index (χ0v) is 18.1. The van der Waals surface area contributed by atoms with E-state index in [0.29, 0.717) is 20.8 Å². The molecule has 0 aliphatic heterocycles. The molecular weight excluding hydrogens is 404 g/mol. The van der Waals surface area contributed by atoms with Crippen LogP contribution in [0.15, 0.2) is 37.9 Å². The van der Waals surface area contributed by atoms with Gasteiger partial charge in [-0.3, -0.25) is 0 Å². The van der Waals surface area contributed by atoms with E-state index < -0.39 is 0 Å². The third-order valence-corrected chi connectivity index (χ3v) is 6.26. The van der Waals surface area contributed by atoms with Crippen LogP contribution in [0.3, 0.4) is 0 Å². The standard InChI is InChI=1S/C23H27BrO3/c1-5-6-7-8-11-23(3,4)17-13-18-19(21(25)20(17)24)16-12-14(2)9-10-15(16)22(26)27-18/h9-10,12-13,25H,5-8,11H2,1-4H3. The highest BCUT2D eigenvalue weighted by Crippen LogP contribution is 2.44. The number of phenols is 1. The maximum Gasteiger partial charge on any atom is 0.344 e. The fraction of sp³-hybridized carbons (Fsp3) is 0.435. The Balaban J connectivity index is 2.19. The second kappa shape index (κ2) is 7.67. The van der Waals surface area contributed by atoms with E-state index in [1.54, 1.807) is 6.07 Å². The molecule has 3 nitrogen and oxygen atoms in total. The van der Waals surface area contributed by atoms with Gasteiger partial charge < -0.3 is 9.52 Å². The van der Waals surface area contributed by atoms with Gasteiger partial charge in [0, 0.05) is 5.39 Å². The summed E-state index contributed by atoms with van der Waals surface area (Å²) in [6.45, 7) is 8.53. The molecule has 3 aromatic rings. The molecule has 1 N–H and O–H groups in total. The number of unbranched alkanes of at least 4 members (excludes halogenated alkanes) is 3. The lowest BCUT2D eigenvalue weighted by Gasteiger charge is -2.27. The Morgan fingerprint density at radius 2 is 1.85 bits per heavy atom. The van der Waals surface area contributed by atoms with Crippen molar-refractivity contribution in [2.75, 3.05) is 0 Å². The fourth-order valence-electron chi connectivity index (χ4n) is 3.78. The molecule has 0 spiro atoms. The third-order valence-electron chi connectivity index (χ3n) is 5.45. The van der Waals surface area contributed by atoms with Gasteiger partial charge in [-0.05, 0) is 52.4 Å². The summed E-state index contributed by atoms with van der Waals surface area (Å²) < 4.78 is 6.28. The summed E-state index contributed by atoms with van der Waals surface area (Å²) in [6.07, 6.45) is 5.79. The Morgan fingerprint density at radius 1 is 1.11 bits per heavy atom. The van der Waals surface area contributed by atoms with Crippen LogP contribution in [0.25, 0.3) is 21.7 Å². The normalized spacial score (nSPS) is 12.2. The summed E-state index contributed by atoms with van der Waals surface area (Å²) in [5.41, 5.74) is 1.93. The number of rotatable bonds is 6. The average molecular weight is 431 g/mol. The van der Waals surface area contributed by atoms with Gasteiger partial charge in [0.2, 0.25) is 0 Å². The Labute approximate surface area is 168 Å². The van der Waals surface area contributed by atoms with Crippen molar-refractivity contribution in [2.24, 2.45) is 0 Å². The van der Waals surface area contributed by atoms with Gasteiger partial charge in [-0.1, -0.05) is 64.2 Å². The van der Waals surface area contributed by atoms with Crippen LogP contribution in [0.5, 0.6) is 5.75 Å². The number of hydrogen-bond acceptors (Lipinski definition) is 3. The van der Waals surface area contributed by atoms with E-state index in [1.807, 2.05) is 25.1 Å². The molecule has 0 aliphatic carbocycles. The molecule has 0 radical (unpaired) electrons. The van der Waals surface area contributed by atoms with Crippen molar-refractivity contribution in [3.05, 3.63) is 50.3 Å². The molecule has 1 heterocycles. The largest absolute Gasteiger partial charge is 0.506 e. The second-order valence-electron chi connectivity index (χ2n) is 8.09. The summed E-state index contributed by atoms with van der Waals surface area (Å²) in [4.78, 5) is 12.4. The quantitative estimate of drug-likeness (QED) is 0.260. The molecule has 144 valence electrons. The lowest BCUT2D eigenvalue weighted by atomic mass is 9.79. The van der Waals surface area contributed by atoms with E-state index in [4.69, 9.17) is 4.42 Å². The van der Waals surface area contributed by atoms with Gasteiger partial charge in [0.15, 0.2) is 0 Å². The lowest BCUT2D eigenvalue weighted by molar-refractivity contribution is 0.434. The molecule has 4 heteroatoms. The minimum Gasteiger partial charge on any atom is -0.506 e. The molecule has 0 atom stereocenters. The Kier molecular flexibility index (Phi) is 5.66. The maximum absolute atomic E-state index is 12.4. The summed E-state index contributed by atoms with van der Waals surface area (Å²) in [7, 11) is 0. The number of hydrogen-bond donors (Lipinski definition) is 1. The molecule has 0 fully saturated rings. The summed E-state index contributed by atoms with van der Waals surface area (Å²) >= 11 is 3.61. The molecule has 3 rings (SSSR count). The summed E-state index contributed by atoms with van der Waals surface area (Å²) in [6, 6.07) is 7.48. The van der Waals surface area contributed by atoms with E-state index >= 15 is 0 Å². The van der Waals surface area contributed by atoms with E-state index in [2.05, 4.69) is 36.7 Å². The number of aromatic hydroxyl groups is 1. The van der Waals surface area contributed by atoms with Crippen molar-refractivity contribution < 1.29 is 9.52 Å². The van der Waals surface area contributed by atoms with Crippen molar-refractivity contribution in [3.8, 4) is 5.75 Å². The summed E-state index contributed by atoms with van der Waals surface area (Å²) in [5.74, 6) is 0.142. The first-order valence-electron chi connectivity index (χ1n) is 9.65. The maximum atomic E-state index is 12.4. The topological polar surface area (TPSA) is 50.4 Å². The minimum atomic E-state index is -0.370. The monoisotopic (exact) mass is 430 g/mol. The number of aryl methyl sites for hydroxylation is 1. The minimum absolute atomic E-state index is 0.141. The first-order valence-corrected chi connectivity index (χ1v) is 10.4. The first kappa shape index (κ1) is 19.9. The van der Waals surface area contributed by atoms with E-state index in [1.165, 1.54) is 19.3 Å². The van der Waals surface area contributed by atoms with Crippen molar-refractivity contribution in [3.63, 3.8) is 0 Å². The Bertz CT molecular complexity index is 1050. The molecule has 0 bridgehead atoms. The molecule has 1 aromatic heterocycles. The highest BCUT2D eigenvalue weighted by Gasteiger charge is 2.27. The predicted octanol–water partition coefficient (Wildman–Crippen LogP) is 6.97. The van der Waals surface area contributed by atoms with Gasteiger partial charge in [-0.25, -0.2) is 4.79 Å². The summed E-state index contributed by atoms with van der Waals surface area (Å²) in [5, 5.41) is 12.8. The van der Waals surface area contributed by atoms with Crippen LogP contribution in [-0.2, 0) is 5.41 Å². The van der Waals surface area contributed by atoms with Gasteiger partial charge in [0.1, 0.15) is 11.3 Å². The molecule has 2 aromatic carbocycles. The molecule has 0 amide bonds. The number of phenolic OH excluding ortho intramolecular Hbond substituents is 1.